The minimum absolute atomic E-state index is 0.473. The van der Waals surface area contributed by atoms with Gasteiger partial charge in [-0.3, -0.25) is 0 Å². The highest BCUT2D eigenvalue weighted by molar-refractivity contribution is 5.10. The summed E-state index contributed by atoms with van der Waals surface area (Å²) >= 11 is 0. The molecular formula is C12H20O. The number of rotatable bonds is 5. The fourth-order valence-corrected chi connectivity index (χ4v) is 2.48. The molecule has 1 heteroatoms. The first kappa shape index (κ1) is 9.26. The van der Waals surface area contributed by atoms with E-state index in [2.05, 4.69) is 19.1 Å². The van der Waals surface area contributed by atoms with Crippen LogP contribution in [0.5, 0.6) is 0 Å². The van der Waals surface area contributed by atoms with Gasteiger partial charge in [-0.05, 0) is 18.8 Å². The average Bonchev–Trinajstić information content (AvgIpc) is 2.73. The number of hydrogen-bond acceptors (Lipinski definition) is 1. The molecule has 0 saturated carbocycles. The van der Waals surface area contributed by atoms with Crippen LogP contribution in [0.3, 0.4) is 0 Å². The molecular weight excluding hydrogens is 160 g/mol. The third kappa shape index (κ3) is 2.14. The van der Waals surface area contributed by atoms with Gasteiger partial charge in [0.15, 0.2) is 0 Å². The Balaban J connectivity index is 1.64. The van der Waals surface area contributed by atoms with Crippen molar-refractivity contribution in [2.75, 3.05) is 0 Å². The Bertz CT molecular complexity index is 186. The molecule has 0 N–H and O–H groups in total. The van der Waals surface area contributed by atoms with Crippen molar-refractivity contribution in [2.24, 2.45) is 5.92 Å². The summed E-state index contributed by atoms with van der Waals surface area (Å²) in [6.07, 6.45) is 13.7. The Kier molecular flexibility index (Phi) is 3.05. The first-order valence-electron chi connectivity index (χ1n) is 5.74. The van der Waals surface area contributed by atoms with E-state index in [1.165, 1.54) is 38.5 Å². The van der Waals surface area contributed by atoms with E-state index in [1.807, 2.05) is 0 Å². The van der Waals surface area contributed by atoms with E-state index in [4.69, 9.17) is 4.74 Å². The Morgan fingerprint density at radius 3 is 2.77 bits per heavy atom. The van der Waals surface area contributed by atoms with E-state index in [-0.39, 0.29) is 0 Å². The van der Waals surface area contributed by atoms with Crippen molar-refractivity contribution < 1.29 is 4.74 Å². The molecule has 2 aliphatic rings. The maximum absolute atomic E-state index is 5.73. The molecule has 74 valence electrons. The second kappa shape index (κ2) is 4.28. The summed E-state index contributed by atoms with van der Waals surface area (Å²) in [6.45, 7) is 2.27. The Morgan fingerprint density at radius 2 is 2.15 bits per heavy atom. The van der Waals surface area contributed by atoms with Crippen molar-refractivity contribution in [3.8, 4) is 0 Å². The average molecular weight is 180 g/mol. The lowest BCUT2D eigenvalue weighted by atomic mass is 9.89. The second-order valence-corrected chi connectivity index (χ2v) is 4.37. The van der Waals surface area contributed by atoms with Crippen LogP contribution >= 0.6 is 0 Å². The number of unbranched alkanes of at least 4 members (excludes halogenated alkanes) is 3. The highest BCUT2D eigenvalue weighted by Gasteiger charge is 2.35. The number of fused-ring (bicyclic) bond motifs is 2. The SMILES string of the molecule is CCCCCCC1CC2C=CC1O2. The van der Waals surface area contributed by atoms with Crippen molar-refractivity contribution in [1.82, 2.24) is 0 Å². The fourth-order valence-electron chi connectivity index (χ4n) is 2.48. The maximum Gasteiger partial charge on any atom is 0.0794 e. The van der Waals surface area contributed by atoms with Crippen molar-refractivity contribution in [3.05, 3.63) is 12.2 Å². The van der Waals surface area contributed by atoms with Crippen LogP contribution in [-0.4, -0.2) is 12.2 Å². The van der Waals surface area contributed by atoms with Crippen LogP contribution < -0.4 is 0 Å². The highest BCUT2D eigenvalue weighted by atomic mass is 16.5. The zero-order valence-corrected chi connectivity index (χ0v) is 8.54. The van der Waals surface area contributed by atoms with Crippen molar-refractivity contribution >= 4 is 0 Å². The molecule has 0 aromatic carbocycles. The summed E-state index contributed by atoms with van der Waals surface area (Å²) in [7, 11) is 0. The van der Waals surface area contributed by atoms with Crippen molar-refractivity contribution in [1.29, 1.82) is 0 Å². The van der Waals surface area contributed by atoms with Crippen LogP contribution in [0.4, 0.5) is 0 Å². The predicted molar refractivity (Wildman–Crippen MR) is 54.7 cm³/mol. The molecule has 3 atom stereocenters. The molecule has 3 unspecified atom stereocenters. The normalized spacial score (nSPS) is 35.9. The molecule has 0 aromatic heterocycles. The van der Waals surface area contributed by atoms with Crippen molar-refractivity contribution in [3.63, 3.8) is 0 Å². The van der Waals surface area contributed by atoms with Gasteiger partial charge in [0.2, 0.25) is 0 Å². The summed E-state index contributed by atoms with van der Waals surface area (Å²) < 4.78 is 5.73. The van der Waals surface area contributed by atoms with Gasteiger partial charge in [-0.25, -0.2) is 0 Å². The molecule has 0 spiro atoms. The fraction of sp³-hybridized carbons (Fsp3) is 0.833. The lowest BCUT2D eigenvalue weighted by Crippen LogP contribution is -2.12. The molecule has 0 amide bonds. The highest BCUT2D eigenvalue weighted by Crippen LogP contribution is 2.36. The molecule has 1 nitrogen and oxygen atoms in total. The minimum atomic E-state index is 0.473. The summed E-state index contributed by atoms with van der Waals surface area (Å²) in [4.78, 5) is 0. The zero-order valence-electron chi connectivity index (χ0n) is 8.54. The Morgan fingerprint density at radius 1 is 1.23 bits per heavy atom. The van der Waals surface area contributed by atoms with Gasteiger partial charge >= 0.3 is 0 Å². The van der Waals surface area contributed by atoms with E-state index in [0.717, 1.165) is 5.92 Å². The van der Waals surface area contributed by atoms with Gasteiger partial charge in [0.1, 0.15) is 0 Å². The van der Waals surface area contributed by atoms with Crippen LogP contribution in [0.25, 0.3) is 0 Å². The monoisotopic (exact) mass is 180 g/mol. The molecule has 2 rings (SSSR count). The molecule has 1 saturated heterocycles. The molecule has 0 radical (unpaired) electrons. The van der Waals surface area contributed by atoms with Crippen LogP contribution in [0, 0.1) is 5.92 Å². The van der Waals surface area contributed by atoms with Crippen LogP contribution in [0.1, 0.15) is 45.4 Å². The molecule has 1 fully saturated rings. The standard InChI is InChI=1S/C12H20O/c1-2-3-4-5-6-10-9-11-7-8-12(10)13-11/h7-8,10-12H,2-6,9H2,1H3. The van der Waals surface area contributed by atoms with Gasteiger partial charge in [-0.1, -0.05) is 44.8 Å². The quantitative estimate of drug-likeness (QED) is 0.466. The molecule has 13 heavy (non-hydrogen) atoms. The smallest absolute Gasteiger partial charge is 0.0794 e. The van der Waals surface area contributed by atoms with Crippen molar-refractivity contribution in [2.45, 2.75) is 57.7 Å². The Hall–Kier alpha value is -0.300. The third-order valence-corrected chi connectivity index (χ3v) is 3.28. The lowest BCUT2D eigenvalue weighted by molar-refractivity contribution is 0.107. The maximum atomic E-state index is 5.73. The lowest BCUT2D eigenvalue weighted by Gasteiger charge is -2.14. The first-order chi connectivity index (χ1) is 6.40. The summed E-state index contributed by atoms with van der Waals surface area (Å²) in [5.74, 6) is 0.840. The number of hydrogen-bond donors (Lipinski definition) is 0. The zero-order chi connectivity index (χ0) is 9.10. The number of ether oxygens (including phenoxy) is 1. The topological polar surface area (TPSA) is 9.23 Å². The minimum Gasteiger partial charge on any atom is -0.367 e. The summed E-state index contributed by atoms with van der Waals surface area (Å²) in [6, 6.07) is 0. The van der Waals surface area contributed by atoms with Gasteiger partial charge in [-0.15, -0.1) is 0 Å². The molecule has 2 aliphatic heterocycles. The van der Waals surface area contributed by atoms with Crippen LogP contribution in [-0.2, 0) is 4.74 Å². The second-order valence-electron chi connectivity index (χ2n) is 4.37. The Labute approximate surface area is 81.2 Å². The van der Waals surface area contributed by atoms with E-state index in [0.29, 0.717) is 12.2 Å². The van der Waals surface area contributed by atoms with Gasteiger partial charge in [0, 0.05) is 0 Å². The summed E-state index contributed by atoms with van der Waals surface area (Å²) in [5.41, 5.74) is 0. The van der Waals surface area contributed by atoms with Crippen LogP contribution in [0.15, 0.2) is 12.2 Å². The molecule has 2 bridgehead atoms. The van der Waals surface area contributed by atoms with Gasteiger partial charge in [0.05, 0.1) is 12.2 Å². The summed E-state index contributed by atoms with van der Waals surface area (Å²) in [5, 5.41) is 0. The molecule has 2 heterocycles. The molecule has 0 aromatic rings. The first-order valence-corrected chi connectivity index (χ1v) is 5.74. The largest absolute Gasteiger partial charge is 0.367 e. The van der Waals surface area contributed by atoms with E-state index in [9.17, 15) is 0 Å². The van der Waals surface area contributed by atoms with E-state index >= 15 is 0 Å². The van der Waals surface area contributed by atoms with Gasteiger partial charge < -0.3 is 4.74 Å². The van der Waals surface area contributed by atoms with Gasteiger partial charge in [-0.2, -0.15) is 0 Å². The van der Waals surface area contributed by atoms with Gasteiger partial charge in [0.25, 0.3) is 0 Å². The van der Waals surface area contributed by atoms with Crippen LogP contribution in [0.2, 0.25) is 0 Å². The van der Waals surface area contributed by atoms with E-state index < -0.39 is 0 Å². The third-order valence-electron chi connectivity index (χ3n) is 3.28. The van der Waals surface area contributed by atoms with E-state index in [1.54, 1.807) is 0 Å². The predicted octanol–water partition coefficient (Wildman–Crippen LogP) is 3.30. The molecule has 0 aliphatic carbocycles.